The number of piperidine rings is 2. The fraction of sp³-hybridized carbons (Fsp3) is 0.298. The first-order valence-electron chi connectivity index (χ1n) is 33.0. The zero-order valence-electron chi connectivity index (χ0n) is 63.2. The maximum Gasteiger partial charge on any atom is 0.353 e. The average Bonchev–Trinajstić information content (AvgIpc) is 1.36. The summed E-state index contributed by atoms with van der Waals surface area (Å²) >= 11 is 0. The van der Waals surface area contributed by atoms with Crippen molar-refractivity contribution in [2.24, 2.45) is 17.2 Å². The molecule has 12 amide bonds. The maximum atomic E-state index is 12.7. The van der Waals surface area contributed by atoms with Crippen LogP contribution in [0.5, 0.6) is 0 Å². The fourth-order valence-electron chi connectivity index (χ4n) is 7.58. The van der Waals surface area contributed by atoms with E-state index in [0.29, 0.717) is 0 Å². The molecule has 0 spiro atoms. The SMILES string of the molecule is C.C.C.C.C.O=C1OC(=O)c2c1cccc2[N+](=O)[O-].[2H]C([2H])(C(N)=O)C([2H])([2H])[C@@]([2H])(C(=O)O)N1C(=O)c2cccc([N+](=O)[O-])c2C1=O.[2H]C([2H])(C(N)=O)C([2H])([2H])[C@]([2H])(N)C(=O)O.[2H]C1([2H])C(=O)NC(=O)[C@@]([2H])(N2C(=O)c3cccc(N)c3C2=O)C1([2H])[2H].[2H]C1([2H])C(=O)NC(=O)[C@@]([2H])(N2C(=O)c3cccc([N+](=O)[O-])c3C2=O)C1([2H])[2H]. The Morgan fingerprint density at radius 2 is 0.936 bits per heavy atom. The molecule has 0 saturated carbocycles. The molecule has 0 radical (unpaired) electrons. The highest BCUT2D eigenvalue weighted by atomic mass is 16.6. The van der Waals surface area contributed by atoms with Crippen molar-refractivity contribution in [1.82, 2.24) is 25.3 Å². The third-order valence-electron chi connectivity index (χ3n) is 11.2. The van der Waals surface area contributed by atoms with Crippen LogP contribution in [0.15, 0.2) is 72.8 Å². The molecule has 4 aromatic rings. The average molecular weight is 1340 g/mol. The number of carboxylic acid groups (broad SMARTS) is 2. The summed E-state index contributed by atoms with van der Waals surface area (Å²) in [4.78, 5) is 219. The minimum atomic E-state index is -4.04. The monoisotopic (exact) mass is 1340 g/mol. The van der Waals surface area contributed by atoms with Crippen molar-refractivity contribution in [1.29, 1.82) is 0 Å². The highest BCUT2D eigenvalue weighted by Crippen LogP contribution is 2.36. The molecule has 4 atom stereocenters. The van der Waals surface area contributed by atoms with Crippen molar-refractivity contribution in [3.05, 3.63) is 148 Å². The number of nitro benzene ring substituents is 3. The van der Waals surface area contributed by atoms with Crippen molar-refractivity contribution >= 4 is 118 Å². The van der Waals surface area contributed by atoms with E-state index in [9.17, 15) is 112 Å². The summed E-state index contributed by atoms with van der Waals surface area (Å²) in [7, 11) is 0. The van der Waals surface area contributed by atoms with E-state index in [1.165, 1.54) is 41.0 Å². The molecule has 0 aromatic heterocycles. The second kappa shape index (κ2) is 32.9. The Bertz CT molecular complexity index is 4870. The number of primary amides is 2. The summed E-state index contributed by atoms with van der Waals surface area (Å²) in [6.07, 6.45) is -28.6. The van der Waals surface area contributed by atoms with Gasteiger partial charge in [0.15, 0.2) is 5.56 Å². The lowest BCUT2D eigenvalue weighted by Gasteiger charge is -2.27. The highest BCUT2D eigenvalue weighted by Gasteiger charge is 2.49. The zero-order valence-corrected chi connectivity index (χ0v) is 43.2. The number of nitrogens with zero attached hydrogens (tertiary/aromatic N) is 6. The Hall–Kier alpha value is -12.4. The molecular formula is C57H64N12O25. The van der Waals surface area contributed by atoms with E-state index in [0.717, 1.165) is 42.5 Å². The number of nitro groups is 3. The van der Waals surface area contributed by atoms with Crippen LogP contribution >= 0.6 is 0 Å². The number of aliphatic carboxylic acids is 2. The molecular weight excluding hydrogens is 1250 g/mol. The molecule has 94 heavy (non-hydrogen) atoms. The van der Waals surface area contributed by atoms with E-state index in [-0.39, 0.29) is 74.9 Å². The number of rotatable bonds is 14. The summed E-state index contributed by atoms with van der Waals surface area (Å²) in [5.74, 6) is -25.3. The quantitative estimate of drug-likeness (QED) is 0.0224. The van der Waals surface area contributed by atoms with Crippen molar-refractivity contribution in [2.75, 3.05) is 5.73 Å². The molecule has 502 valence electrons. The summed E-state index contributed by atoms with van der Waals surface area (Å²) in [6, 6.07) is -0.759. The first kappa shape index (κ1) is 51.3. The standard InChI is InChI=1S/C13H11N3O7.C13H9N3O6.C13H11N3O4.C8H3NO5.C5H10N2O3.5CH4/c14-9(17)5-4-8(13(20)21)15-11(18)6-2-1-3-7(16(22)23)10(6)12(15)19;17-9-5-4-8(11(18)14-9)15-12(19)6-2-1-3-7(16(21)22)10(6)13(15)20;14-7-3-1-2-6-10(7)13(20)16(12(6)19)8-4-5-9(17)15-11(8)18;10-7-4-2-1-3-5(9(12)13)6(4)8(11)14-7;6-3(5(9)10)1-2-4(7)8;;;;;/h1-3,8H,4-5H2,(H2,14,17)(H,20,21);1-3,8H,4-5H2,(H,14,17,18);1-3,8H,4-5,14H2,(H,15,17,18);1-3H;3H,1-2,6H2,(H2,7,8)(H,9,10);5*1H4/t3*8-;;3-;;;;;/m000.0...../s1/i3*4D2,5D2,8D;;1D2,2D2,3D;;;;;. The molecule has 4 aromatic carbocycles. The third-order valence-corrected chi connectivity index (χ3v) is 11.2. The number of cyclic esters (lactones) is 2. The molecule has 0 aliphatic carbocycles. The van der Waals surface area contributed by atoms with Gasteiger partial charge in [-0.15, -0.1) is 0 Å². The normalized spacial score (nSPS) is 24.6. The second-order valence-electron chi connectivity index (χ2n) is 16.5. The predicted octanol–water partition coefficient (Wildman–Crippen LogP) is 2.33. The van der Waals surface area contributed by atoms with Gasteiger partial charge in [0.05, 0.1) is 48.1 Å². The number of fused-ring (bicyclic) bond motifs is 4. The van der Waals surface area contributed by atoms with Crippen molar-refractivity contribution in [3.8, 4) is 0 Å². The van der Waals surface area contributed by atoms with E-state index < -0.39 is 229 Å². The van der Waals surface area contributed by atoms with E-state index in [1.54, 1.807) is 0 Å². The number of imide groups is 5. The Morgan fingerprint density at radius 1 is 0.564 bits per heavy atom. The highest BCUT2D eigenvalue weighted by molar-refractivity contribution is 6.27. The lowest BCUT2D eigenvalue weighted by atomic mass is 10.0. The number of esters is 2. The first-order valence-corrected chi connectivity index (χ1v) is 23.0. The Kier molecular flexibility index (Phi) is 17.9. The number of nitrogen functional groups attached to an aromatic ring is 1. The minimum Gasteiger partial charge on any atom is -0.480 e. The molecule has 6 heterocycles. The topological polar surface area (TPSA) is 590 Å². The lowest BCUT2D eigenvalue weighted by molar-refractivity contribution is -0.385. The molecule has 6 aliphatic heterocycles. The van der Waals surface area contributed by atoms with E-state index in [2.05, 4.69) is 10.5 Å². The molecule has 12 N–H and O–H groups in total. The summed E-state index contributed by atoms with van der Waals surface area (Å²) in [5.41, 5.74) is 13.9. The van der Waals surface area contributed by atoms with E-state index >= 15 is 0 Å². The molecule has 2 saturated heterocycles. The Morgan fingerprint density at radius 3 is 1.34 bits per heavy atom. The maximum absolute atomic E-state index is 12.7. The van der Waals surface area contributed by atoms with Gasteiger partial charge in [0.2, 0.25) is 35.4 Å². The zero-order chi connectivity index (χ0) is 84.2. The number of hydrogen-bond acceptors (Lipinski definition) is 25. The number of amides is 12. The largest absolute Gasteiger partial charge is 0.480 e. The number of anilines is 1. The minimum absolute atomic E-state index is 0. The van der Waals surface area contributed by atoms with Gasteiger partial charge in [0.1, 0.15) is 35.2 Å². The van der Waals surface area contributed by atoms with Crippen LogP contribution in [0.1, 0.15) is 198 Å². The molecule has 0 bridgehead atoms. The number of benzene rings is 4. The summed E-state index contributed by atoms with van der Waals surface area (Å²) in [5, 5.41) is 53.6. The van der Waals surface area contributed by atoms with Crippen LogP contribution in [0.25, 0.3) is 0 Å². The van der Waals surface area contributed by atoms with Crippen molar-refractivity contribution in [3.63, 3.8) is 0 Å². The van der Waals surface area contributed by atoms with Gasteiger partial charge in [0.25, 0.3) is 52.5 Å². The van der Waals surface area contributed by atoms with Crippen LogP contribution in [-0.4, -0.2) is 159 Å². The fourth-order valence-corrected chi connectivity index (χ4v) is 7.58. The molecule has 0 unspecified atom stereocenters. The van der Waals surface area contributed by atoms with Crippen molar-refractivity contribution < 1.29 is 134 Å². The van der Waals surface area contributed by atoms with Crippen LogP contribution in [0.3, 0.4) is 0 Å². The number of carbonyl (C=O) groups excluding carboxylic acids is 14. The Labute approximate surface area is 559 Å². The van der Waals surface area contributed by atoms with Gasteiger partial charge in [-0.05, 0) is 55.8 Å². The smallest absolute Gasteiger partial charge is 0.353 e. The number of carbonyl (C=O) groups is 16. The van der Waals surface area contributed by atoms with Crippen LogP contribution in [0, 0.1) is 30.3 Å². The second-order valence-corrected chi connectivity index (χ2v) is 16.5. The van der Waals surface area contributed by atoms with Gasteiger partial charge < -0.3 is 37.9 Å². The molecule has 2 fully saturated rings. The summed E-state index contributed by atoms with van der Waals surface area (Å²) in [6.45, 7) is 0. The van der Waals surface area contributed by atoms with Crippen LogP contribution in [0.4, 0.5) is 22.7 Å². The lowest BCUT2D eigenvalue weighted by Crippen LogP contribution is -2.54. The first-order chi connectivity index (χ1) is 49.3. The number of nitrogens with two attached hydrogens (primary N) is 4. The van der Waals surface area contributed by atoms with Crippen LogP contribution < -0.4 is 33.6 Å². The number of nitrogens with one attached hydrogen (secondary N) is 2. The van der Waals surface area contributed by atoms with Gasteiger partial charge >= 0.3 is 23.9 Å². The van der Waals surface area contributed by atoms with Gasteiger partial charge in [-0.3, -0.25) is 118 Å². The van der Waals surface area contributed by atoms with Crippen LogP contribution in [-0.2, 0) is 43.1 Å². The summed E-state index contributed by atoms with van der Waals surface area (Å²) < 4.78 is 156. The van der Waals surface area contributed by atoms with Crippen LogP contribution in [0.2, 0.25) is 0 Å². The Balaban J connectivity index is 0.000000721. The van der Waals surface area contributed by atoms with Gasteiger partial charge in [-0.1, -0.05) is 61.4 Å². The number of carboxylic acids is 2. The van der Waals surface area contributed by atoms with Crippen molar-refractivity contribution in [2.45, 2.75) is 112 Å². The molecule has 37 heteroatoms. The predicted molar refractivity (Wildman–Crippen MR) is 321 cm³/mol. The van der Waals surface area contributed by atoms with E-state index in [1.807, 2.05) is 0 Å². The van der Waals surface area contributed by atoms with Gasteiger partial charge in [0, 0.05) is 71.3 Å². The number of ether oxygens (including phenoxy) is 1. The number of hydrogen-bond donors (Lipinski definition) is 8. The van der Waals surface area contributed by atoms with Gasteiger partial charge in [-0.2, -0.15) is 0 Å². The van der Waals surface area contributed by atoms with E-state index in [4.69, 9.17) is 49.7 Å². The molecule has 37 nitrogen and oxygen atoms in total. The molecule has 10 rings (SSSR count). The van der Waals surface area contributed by atoms with Gasteiger partial charge in [-0.25, -0.2) is 14.4 Å². The third kappa shape index (κ3) is 16.7. The molecule has 6 aliphatic rings.